The molecule has 1 amide bonds. The Morgan fingerprint density at radius 2 is 2.10 bits per heavy atom. The maximum atomic E-state index is 12.0. The third-order valence-electron chi connectivity index (χ3n) is 3.60. The lowest BCUT2D eigenvalue weighted by atomic mass is 10.0. The van der Waals surface area contributed by atoms with Gasteiger partial charge in [-0.1, -0.05) is 37.3 Å². The molecule has 0 aliphatic carbocycles. The van der Waals surface area contributed by atoms with Crippen molar-refractivity contribution in [2.45, 2.75) is 26.1 Å². The number of benzene rings is 1. The SMILES string of the molecule is CC[C@@H]1CN(C(=O)OCc2ccccc2)C[C@@H]1OC=O. The molecular formula is C15H19NO4. The molecule has 1 aromatic carbocycles. The Kier molecular flexibility index (Phi) is 4.98. The molecule has 5 nitrogen and oxygen atoms in total. The molecule has 1 fully saturated rings. The molecule has 1 heterocycles. The molecule has 0 aromatic heterocycles. The van der Waals surface area contributed by atoms with Crippen molar-refractivity contribution < 1.29 is 19.1 Å². The van der Waals surface area contributed by atoms with E-state index in [4.69, 9.17) is 9.47 Å². The van der Waals surface area contributed by atoms with E-state index in [1.807, 2.05) is 37.3 Å². The average molecular weight is 277 g/mol. The first kappa shape index (κ1) is 14.4. The molecular weight excluding hydrogens is 258 g/mol. The quantitative estimate of drug-likeness (QED) is 0.774. The predicted molar refractivity (Wildman–Crippen MR) is 72.9 cm³/mol. The van der Waals surface area contributed by atoms with Crippen LogP contribution in [0.3, 0.4) is 0 Å². The van der Waals surface area contributed by atoms with Crippen molar-refractivity contribution >= 4 is 12.6 Å². The molecule has 1 aromatic rings. The van der Waals surface area contributed by atoms with E-state index in [0.717, 1.165) is 12.0 Å². The number of likely N-dealkylation sites (tertiary alicyclic amines) is 1. The van der Waals surface area contributed by atoms with Gasteiger partial charge >= 0.3 is 6.09 Å². The third-order valence-corrected chi connectivity index (χ3v) is 3.60. The Bertz CT molecular complexity index is 448. The second kappa shape index (κ2) is 6.93. The number of nitrogens with zero attached hydrogens (tertiary/aromatic N) is 1. The summed E-state index contributed by atoms with van der Waals surface area (Å²) >= 11 is 0. The first-order chi connectivity index (χ1) is 9.74. The van der Waals surface area contributed by atoms with Gasteiger partial charge in [-0.2, -0.15) is 0 Å². The van der Waals surface area contributed by atoms with Gasteiger partial charge in [-0.25, -0.2) is 4.79 Å². The van der Waals surface area contributed by atoms with Crippen LogP contribution in [0.15, 0.2) is 30.3 Å². The first-order valence-electron chi connectivity index (χ1n) is 6.79. The molecule has 0 bridgehead atoms. The summed E-state index contributed by atoms with van der Waals surface area (Å²) in [5.74, 6) is 0.185. The zero-order valence-corrected chi connectivity index (χ0v) is 11.5. The van der Waals surface area contributed by atoms with Crippen LogP contribution in [-0.2, 0) is 20.9 Å². The van der Waals surface area contributed by atoms with E-state index in [-0.39, 0.29) is 24.7 Å². The molecule has 2 rings (SSSR count). The highest BCUT2D eigenvalue weighted by Crippen LogP contribution is 2.23. The molecule has 1 aliphatic heterocycles. The Morgan fingerprint density at radius 1 is 1.35 bits per heavy atom. The van der Waals surface area contributed by atoms with Gasteiger partial charge in [-0.15, -0.1) is 0 Å². The first-order valence-corrected chi connectivity index (χ1v) is 6.79. The molecule has 5 heteroatoms. The number of rotatable bonds is 5. The molecule has 20 heavy (non-hydrogen) atoms. The molecule has 108 valence electrons. The molecule has 2 atom stereocenters. The topological polar surface area (TPSA) is 55.8 Å². The van der Waals surface area contributed by atoms with Crippen molar-refractivity contribution in [1.29, 1.82) is 0 Å². The number of ether oxygens (including phenoxy) is 2. The van der Waals surface area contributed by atoms with E-state index in [9.17, 15) is 9.59 Å². The van der Waals surface area contributed by atoms with E-state index in [2.05, 4.69) is 0 Å². The zero-order chi connectivity index (χ0) is 14.4. The van der Waals surface area contributed by atoms with Gasteiger partial charge in [-0.05, 0) is 12.0 Å². The summed E-state index contributed by atoms with van der Waals surface area (Å²) in [5, 5.41) is 0. The van der Waals surface area contributed by atoms with E-state index in [0.29, 0.717) is 19.6 Å². The van der Waals surface area contributed by atoms with Crippen molar-refractivity contribution in [1.82, 2.24) is 4.90 Å². The van der Waals surface area contributed by atoms with Crippen LogP contribution < -0.4 is 0 Å². The Labute approximate surface area is 118 Å². The lowest BCUT2D eigenvalue weighted by Gasteiger charge is -2.15. The molecule has 0 spiro atoms. The number of amides is 1. The van der Waals surface area contributed by atoms with Crippen LogP contribution in [-0.4, -0.2) is 36.7 Å². The summed E-state index contributed by atoms with van der Waals surface area (Å²) in [6.07, 6.45) is 0.284. The van der Waals surface area contributed by atoms with Gasteiger partial charge in [-0.3, -0.25) is 4.79 Å². The van der Waals surface area contributed by atoms with Gasteiger partial charge in [0.2, 0.25) is 0 Å². The largest absolute Gasteiger partial charge is 0.462 e. The molecule has 0 radical (unpaired) electrons. The third kappa shape index (κ3) is 3.50. The maximum Gasteiger partial charge on any atom is 0.410 e. The van der Waals surface area contributed by atoms with Crippen LogP contribution in [0.4, 0.5) is 4.79 Å². The van der Waals surface area contributed by atoms with Gasteiger partial charge in [0.15, 0.2) is 0 Å². The van der Waals surface area contributed by atoms with Crippen LogP contribution in [0.2, 0.25) is 0 Å². The Hall–Kier alpha value is -2.04. The summed E-state index contributed by atoms with van der Waals surface area (Å²) in [6.45, 7) is 3.70. The maximum absolute atomic E-state index is 12.0. The van der Waals surface area contributed by atoms with E-state index >= 15 is 0 Å². The number of hydrogen-bond acceptors (Lipinski definition) is 4. The average Bonchev–Trinajstić information content (AvgIpc) is 2.89. The Balaban J connectivity index is 1.85. The normalized spacial score (nSPS) is 21.6. The molecule has 1 aliphatic rings. The molecule has 0 saturated carbocycles. The summed E-state index contributed by atoms with van der Waals surface area (Å²) in [5.41, 5.74) is 0.952. The lowest BCUT2D eigenvalue weighted by molar-refractivity contribution is -0.134. The van der Waals surface area contributed by atoms with Crippen LogP contribution >= 0.6 is 0 Å². The van der Waals surface area contributed by atoms with E-state index in [1.165, 1.54) is 0 Å². The van der Waals surface area contributed by atoms with Crippen LogP contribution in [0.25, 0.3) is 0 Å². The predicted octanol–water partition coefficient (Wildman–Crippen LogP) is 2.21. The Morgan fingerprint density at radius 3 is 2.75 bits per heavy atom. The number of carbonyl (C=O) groups is 2. The van der Waals surface area contributed by atoms with Crippen molar-refractivity contribution in [2.24, 2.45) is 5.92 Å². The summed E-state index contributed by atoms with van der Waals surface area (Å²) < 4.78 is 10.3. The van der Waals surface area contributed by atoms with Gasteiger partial charge in [0, 0.05) is 12.5 Å². The van der Waals surface area contributed by atoms with Crippen LogP contribution in [0, 0.1) is 5.92 Å². The highest BCUT2D eigenvalue weighted by molar-refractivity contribution is 5.68. The minimum atomic E-state index is -0.357. The minimum Gasteiger partial charge on any atom is -0.462 e. The number of hydrogen-bond donors (Lipinski definition) is 0. The zero-order valence-electron chi connectivity index (χ0n) is 11.5. The van der Waals surface area contributed by atoms with Gasteiger partial charge in [0.1, 0.15) is 12.7 Å². The highest BCUT2D eigenvalue weighted by Gasteiger charge is 2.36. The monoisotopic (exact) mass is 277 g/mol. The van der Waals surface area contributed by atoms with Gasteiger partial charge < -0.3 is 14.4 Å². The smallest absolute Gasteiger partial charge is 0.410 e. The summed E-state index contributed by atoms with van der Waals surface area (Å²) in [4.78, 5) is 24.0. The van der Waals surface area contributed by atoms with Crippen molar-refractivity contribution in [3.8, 4) is 0 Å². The van der Waals surface area contributed by atoms with Crippen LogP contribution in [0.1, 0.15) is 18.9 Å². The van der Waals surface area contributed by atoms with Crippen molar-refractivity contribution in [2.75, 3.05) is 13.1 Å². The molecule has 1 saturated heterocycles. The second-order valence-corrected chi connectivity index (χ2v) is 4.88. The van der Waals surface area contributed by atoms with E-state index in [1.54, 1.807) is 4.90 Å². The summed E-state index contributed by atoms with van der Waals surface area (Å²) in [7, 11) is 0. The van der Waals surface area contributed by atoms with Gasteiger partial charge in [0.05, 0.1) is 6.54 Å². The summed E-state index contributed by atoms with van der Waals surface area (Å²) in [6, 6.07) is 9.54. The van der Waals surface area contributed by atoms with E-state index < -0.39 is 0 Å². The van der Waals surface area contributed by atoms with Crippen LogP contribution in [0.5, 0.6) is 0 Å². The fourth-order valence-electron chi connectivity index (χ4n) is 2.42. The van der Waals surface area contributed by atoms with Crippen molar-refractivity contribution in [3.63, 3.8) is 0 Å². The van der Waals surface area contributed by atoms with Gasteiger partial charge in [0.25, 0.3) is 6.47 Å². The molecule has 0 N–H and O–H groups in total. The van der Waals surface area contributed by atoms with Crippen molar-refractivity contribution in [3.05, 3.63) is 35.9 Å². The molecule has 0 unspecified atom stereocenters. The fraction of sp³-hybridized carbons (Fsp3) is 0.467. The number of carbonyl (C=O) groups excluding carboxylic acids is 2. The minimum absolute atomic E-state index is 0.185. The highest BCUT2D eigenvalue weighted by atomic mass is 16.6. The fourth-order valence-corrected chi connectivity index (χ4v) is 2.42. The second-order valence-electron chi connectivity index (χ2n) is 4.88. The lowest BCUT2D eigenvalue weighted by Crippen LogP contribution is -2.30. The standard InChI is InChI=1S/C15H19NO4/c1-2-13-8-16(9-14(13)20-11-17)15(18)19-10-12-6-4-3-5-7-12/h3-7,11,13-14H,2,8-10H2,1H3/t13-,14+/m1/s1.